The maximum absolute atomic E-state index is 12.7. The first-order valence-electron chi connectivity index (χ1n) is 9.54. The van der Waals surface area contributed by atoms with Gasteiger partial charge in [-0.15, -0.1) is 11.8 Å². The molecule has 5 nitrogen and oxygen atoms in total. The number of nitrogens with one attached hydrogen (secondary N) is 1. The monoisotopic (exact) mass is 375 g/mol. The van der Waals surface area contributed by atoms with Gasteiger partial charge in [-0.25, -0.2) is 0 Å². The van der Waals surface area contributed by atoms with Crippen molar-refractivity contribution in [2.45, 2.75) is 55.8 Å². The summed E-state index contributed by atoms with van der Waals surface area (Å²) in [4.78, 5) is 30.2. The Balaban J connectivity index is 1.50. The Kier molecular flexibility index (Phi) is 6.24. The Labute approximate surface area is 160 Å². The molecule has 2 aliphatic rings. The molecule has 1 aromatic rings. The fourth-order valence-electron chi connectivity index (χ4n) is 3.16. The van der Waals surface area contributed by atoms with Gasteiger partial charge in [0.2, 0.25) is 5.91 Å². The minimum atomic E-state index is -0.125. The van der Waals surface area contributed by atoms with E-state index >= 15 is 0 Å². The highest BCUT2D eigenvalue weighted by Gasteiger charge is 2.31. The SMILES string of the molecule is CC(C)Sc1ccc(C(=O)N2CCN(C(C)C(=O)NC3CC3)CC2)cc1. The maximum Gasteiger partial charge on any atom is 0.253 e. The smallest absolute Gasteiger partial charge is 0.253 e. The van der Waals surface area contributed by atoms with Crippen LogP contribution in [0.3, 0.4) is 0 Å². The van der Waals surface area contributed by atoms with Gasteiger partial charge in [0, 0.05) is 47.9 Å². The largest absolute Gasteiger partial charge is 0.352 e. The van der Waals surface area contributed by atoms with Gasteiger partial charge in [0.05, 0.1) is 6.04 Å². The van der Waals surface area contributed by atoms with E-state index in [1.165, 1.54) is 4.90 Å². The summed E-state index contributed by atoms with van der Waals surface area (Å²) in [5, 5.41) is 3.60. The van der Waals surface area contributed by atoms with E-state index in [0.29, 0.717) is 24.4 Å². The van der Waals surface area contributed by atoms with Crippen LogP contribution in [0.4, 0.5) is 0 Å². The summed E-state index contributed by atoms with van der Waals surface area (Å²) in [6, 6.07) is 8.16. The average Bonchev–Trinajstić information content (AvgIpc) is 3.45. The van der Waals surface area contributed by atoms with Gasteiger partial charge < -0.3 is 10.2 Å². The molecular formula is C20H29N3O2S. The van der Waals surface area contributed by atoms with Crippen LogP contribution in [0.25, 0.3) is 0 Å². The number of thioether (sulfide) groups is 1. The number of benzene rings is 1. The van der Waals surface area contributed by atoms with Gasteiger partial charge in [0.1, 0.15) is 0 Å². The third kappa shape index (κ3) is 5.01. The summed E-state index contributed by atoms with van der Waals surface area (Å²) in [5.41, 5.74) is 0.742. The lowest BCUT2D eigenvalue weighted by atomic mass is 10.1. The molecule has 0 bridgehead atoms. The molecule has 2 amide bonds. The minimum Gasteiger partial charge on any atom is -0.352 e. The Morgan fingerprint density at radius 1 is 1.04 bits per heavy atom. The van der Waals surface area contributed by atoms with Crippen molar-refractivity contribution in [2.24, 2.45) is 0 Å². The van der Waals surface area contributed by atoms with E-state index in [-0.39, 0.29) is 17.9 Å². The van der Waals surface area contributed by atoms with E-state index in [4.69, 9.17) is 0 Å². The van der Waals surface area contributed by atoms with Gasteiger partial charge in [-0.2, -0.15) is 0 Å². The lowest BCUT2D eigenvalue weighted by Gasteiger charge is -2.37. The molecule has 0 spiro atoms. The van der Waals surface area contributed by atoms with Crippen LogP contribution in [0, 0.1) is 0 Å². The Morgan fingerprint density at radius 2 is 1.65 bits per heavy atom. The highest BCUT2D eigenvalue weighted by molar-refractivity contribution is 7.99. The molecule has 1 atom stereocenters. The first-order valence-corrected chi connectivity index (χ1v) is 10.4. The van der Waals surface area contributed by atoms with Gasteiger partial charge in [0.25, 0.3) is 5.91 Å². The second kappa shape index (κ2) is 8.44. The first kappa shape index (κ1) is 19.2. The molecule has 1 aliphatic carbocycles. The van der Waals surface area contributed by atoms with Crippen LogP contribution in [-0.4, -0.2) is 65.1 Å². The molecule has 1 saturated heterocycles. The van der Waals surface area contributed by atoms with Crippen LogP contribution in [0.15, 0.2) is 29.2 Å². The van der Waals surface area contributed by atoms with E-state index in [1.54, 1.807) is 11.8 Å². The number of amides is 2. The van der Waals surface area contributed by atoms with Gasteiger partial charge >= 0.3 is 0 Å². The molecule has 3 rings (SSSR count). The molecule has 2 fully saturated rings. The zero-order valence-electron chi connectivity index (χ0n) is 15.9. The zero-order valence-corrected chi connectivity index (χ0v) is 16.7. The van der Waals surface area contributed by atoms with Crippen LogP contribution in [0.5, 0.6) is 0 Å². The minimum absolute atomic E-state index is 0.0841. The fourth-order valence-corrected chi connectivity index (χ4v) is 4.00. The van der Waals surface area contributed by atoms with Crippen LogP contribution in [0.1, 0.15) is 44.0 Å². The second-order valence-electron chi connectivity index (χ2n) is 7.48. The molecule has 0 radical (unpaired) electrons. The molecule has 0 aromatic heterocycles. The standard InChI is InChI=1S/C20H29N3O2S/c1-14(2)26-18-8-4-16(5-9-18)20(25)23-12-10-22(11-13-23)15(3)19(24)21-17-6-7-17/h4-5,8-9,14-15,17H,6-7,10-13H2,1-3H3,(H,21,24). The Hall–Kier alpha value is -1.53. The molecule has 1 heterocycles. The number of carbonyl (C=O) groups is 2. The number of piperazine rings is 1. The van der Waals surface area contributed by atoms with E-state index in [0.717, 1.165) is 31.5 Å². The highest BCUT2D eigenvalue weighted by atomic mass is 32.2. The third-order valence-electron chi connectivity index (χ3n) is 4.93. The summed E-state index contributed by atoms with van der Waals surface area (Å²) in [6.07, 6.45) is 2.21. The lowest BCUT2D eigenvalue weighted by molar-refractivity contribution is -0.126. The van der Waals surface area contributed by atoms with E-state index in [9.17, 15) is 9.59 Å². The van der Waals surface area contributed by atoms with Gasteiger partial charge in [-0.05, 0) is 44.0 Å². The lowest BCUT2D eigenvalue weighted by Crippen LogP contribution is -2.55. The van der Waals surface area contributed by atoms with Gasteiger partial charge in [-0.1, -0.05) is 13.8 Å². The molecule has 1 aromatic carbocycles. The molecular weight excluding hydrogens is 346 g/mol. The Bertz CT molecular complexity index is 635. The molecule has 1 N–H and O–H groups in total. The van der Waals surface area contributed by atoms with Crippen molar-refractivity contribution < 1.29 is 9.59 Å². The number of carbonyl (C=O) groups excluding carboxylic acids is 2. The van der Waals surface area contributed by atoms with Gasteiger partial charge in [0.15, 0.2) is 0 Å². The second-order valence-corrected chi connectivity index (χ2v) is 9.13. The number of hydrogen-bond donors (Lipinski definition) is 1. The maximum atomic E-state index is 12.7. The van der Waals surface area contributed by atoms with Crippen molar-refractivity contribution in [3.8, 4) is 0 Å². The van der Waals surface area contributed by atoms with E-state index in [2.05, 4.69) is 24.1 Å². The summed E-state index contributed by atoms with van der Waals surface area (Å²) in [7, 11) is 0. The number of nitrogens with zero attached hydrogens (tertiary/aromatic N) is 2. The third-order valence-corrected chi connectivity index (χ3v) is 5.94. The van der Waals surface area contributed by atoms with Crippen molar-refractivity contribution in [1.29, 1.82) is 0 Å². The summed E-state index contributed by atoms with van der Waals surface area (Å²) < 4.78 is 0. The van der Waals surface area contributed by atoms with Crippen LogP contribution >= 0.6 is 11.8 Å². The average molecular weight is 376 g/mol. The number of hydrogen-bond acceptors (Lipinski definition) is 4. The summed E-state index contributed by atoms with van der Waals surface area (Å²) >= 11 is 1.80. The van der Waals surface area contributed by atoms with Crippen molar-refractivity contribution in [2.75, 3.05) is 26.2 Å². The molecule has 1 unspecified atom stereocenters. The van der Waals surface area contributed by atoms with Gasteiger partial charge in [-0.3, -0.25) is 14.5 Å². The zero-order chi connectivity index (χ0) is 18.7. The molecule has 26 heavy (non-hydrogen) atoms. The van der Waals surface area contributed by atoms with Crippen molar-refractivity contribution in [3.05, 3.63) is 29.8 Å². The summed E-state index contributed by atoms with van der Waals surface area (Å²) in [5.74, 6) is 0.200. The normalized spacial score (nSPS) is 19.5. The first-order chi connectivity index (χ1) is 12.4. The van der Waals surface area contributed by atoms with Crippen LogP contribution in [-0.2, 0) is 4.79 Å². The van der Waals surface area contributed by atoms with Crippen LogP contribution in [0.2, 0.25) is 0 Å². The Morgan fingerprint density at radius 3 is 2.19 bits per heavy atom. The van der Waals surface area contributed by atoms with Crippen molar-refractivity contribution >= 4 is 23.6 Å². The van der Waals surface area contributed by atoms with Crippen LogP contribution < -0.4 is 5.32 Å². The predicted molar refractivity (Wildman–Crippen MR) is 106 cm³/mol. The quantitative estimate of drug-likeness (QED) is 0.777. The predicted octanol–water partition coefficient (Wildman–Crippen LogP) is 2.61. The van der Waals surface area contributed by atoms with E-state index in [1.807, 2.05) is 36.1 Å². The molecule has 1 aliphatic heterocycles. The molecule has 1 saturated carbocycles. The van der Waals surface area contributed by atoms with Crippen molar-refractivity contribution in [1.82, 2.24) is 15.1 Å². The van der Waals surface area contributed by atoms with Crippen molar-refractivity contribution in [3.63, 3.8) is 0 Å². The fraction of sp³-hybridized carbons (Fsp3) is 0.600. The van der Waals surface area contributed by atoms with E-state index < -0.39 is 0 Å². The topological polar surface area (TPSA) is 52.7 Å². The highest BCUT2D eigenvalue weighted by Crippen LogP contribution is 2.23. The molecule has 6 heteroatoms. The molecule has 142 valence electrons. The number of rotatable bonds is 6. The summed E-state index contributed by atoms with van der Waals surface area (Å²) in [6.45, 7) is 9.11.